The van der Waals surface area contributed by atoms with E-state index in [4.69, 9.17) is 9.15 Å². The second-order valence-corrected chi connectivity index (χ2v) is 4.12. The number of ether oxygens (including phenoxy) is 1. The average Bonchev–Trinajstić information content (AvgIpc) is 2.84. The van der Waals surface area contributed by atoms with Crippen LogP contribution in [0.3, 0.4) is 0 Å². The molecule has 0 saturated heterocycles. The van der Waals surface area contributed by atoms with Gasteiger partial charge in [0.2, 0.25) is 0 Å². The molecule has 4 heteroatoms. The van der Waals surface area contributed by atoms with Crippen LogP contribution in [0.4, 0.5) is 0 Å². The molecule has 76 valence electrons. The second kappa shape index (κ2) is 3.77. The van der Waals surface area contributed by atoms with Gasteiger partial charge in [0.05, 0.1) is 12.5 Å². The quantitative estimate of drug-likeness (QED) is 0.783. The van der Waals surface area contributed by atoms with E-state index in [1.54, 1.807) is 0 Å². The summed E-state index contributed by atoms with van der Waals surface area (Å²) in [6.07, 6.45) is 0.846. The third kappa shape index (κ3) is 1.85. The molecule has 0 bridgehead atoms. The molecule has 1 heterocycles. The highest BCUT2D eigenvalue weighted by Crippen LogP contribution is 2.48. The van der Waals surface area contributed by atoms with E-state index in [9.17, 15) is 4.79 Å². The third-order valence-corrected chi connectivity index (χ3v) is 2.77. The fourth-order valence-corrected chi connectivity index (χ4v) is 1.87. The number of hydrogen-bond acceptors (Lipinski definition) is 3. The molecule has 0 unspecified atom stereocenters. The lowest BCUT2D eigenvalue weighted by atomic mass is 10.2. The third-order valence-electron chi connectivity index (χ3n) is 2.34. The smallest absolute Gasteiger partial charge is 0.309 e. The van der Waals surface area contributed by atoms with E-state index in [1.807, 2.05) is 19.1 Å². The van der Waals surface area contributed by atoms with Crippen LogP contribution in [0, 0.1) is 5.92 Å². The van der Waals surface area contributed by atoms with E-state index in [0.717, 1.165) is 12.2 Å². The maximum Gasteiger partial charge on any atom is 0.309 e. The van der Waals surface area contributed by atoms with Crippen molar-refractivity contribution in [3.05, 3.63) is 22.6 Å². The van der Waals surface area contributed by atoms with Gasteiger partial charge in [-0.3, -0.25) is 4.79 Å². The van der Waals surface area contributed by atoms with E-state index in [-0.39, 0.29) is 17.8 Å². The largest absolute Gasteiger partial charge is 0.466 e. The number of hydrogen-bond donors (Lipinski definition) is 0. The van der Waals surface area contributed by atoms with Crippen LogP contribution in [0.25, 0.3) is 0 Å². The highest BCUT2D eigenvalue weighted by atomic mass is 79.9. The van der Waals surface area contributed by atoms with Crippen molar-refractivity contribution in [1.82, 2.24) is 0 Å². The van der Waals surface area contributed by atoms with Crippen molar-refractivity contribution in [2.45, 2.75) is 19.3 Å². The summed E-state index contributed by atoms with van der Waals surface area (Å²) in [5, 5.41) is 0. The summed E-state index contributed by atoms with van der Waals surface area (Å²) < 4.78 is 11.0. The first-order valence-corrected chi connectivity index (χ1v) is 5.43. The van der Waals surface area contributed by atoms with E-state index >= 15 is 0 Å². The number of furan rings is 1. The van der Waals surface area contributed by atoms with Gasteiger partial charge in [-0.15, -0.1) is 0 Å². The highest BCUT2D eigenvalue weighted by Gasteiger charge is 2.47. The molecule has 2 rings (SSSR count). The normalized spacial score (nSPS) is 24.7. The van der Waals surface area contributed by atoms with Crippen LogP contribution >= 0.6 is 15.9 Å². The number of carbonyl (C=O) groups excluding carboxylic acids is 1. The minimum Gasteiger partial charge on any atom is -0.466 e. The summed E-state index contributed by atoms with van der Waals surface area (Å²) in [4.78, 5) is 11.3. The summed E-state index contributed by atoms with van der Waals surface area (Å²) >= 11 is 3.23. The Morgan fingerprint density at radius 3 is 3.07 bits per heavy atom. The van der Waals surface area contributed by atoms with E-state index in [1.165, 1.54) is 0 Å². The minimum absolute atomic E-state index is 0.00741. The van der Waals surface area contributed by atoms with Gasteiger partial charge in [0.25, 0.3) is 0 Å². The lowest BCUT2D eigenvalue weighted by molar-refractivity contribution is -0.144. The van der Waals surface area contributed by atoms with Crippen molar-refractivity contribution in [2.24, 2.45) is 5.92 Å². The lowest BCUT2D eigenvalue weighted by Gasteiger charge is -1.98. The molecule has 0 aliphatic heterocycles. The molecule has 2 atom stereocenters. The Labute approximate surface area is 90.6 Å². The molecule has 1 aliphatic rings. The van der Waals surface area contributed by atoms with Crippen LogP contribution in [-0.2, 0) is 9.53 Å². The van der Waals surface area contributed by atoms with Crippen LogP contribution in [0.2, 0.25) is 0 Å². The molecular weight excluding hydrogens is 248 g/mol. The Hall–Kier alpha value is -0.770. The molecule has 1 saturated carbocycles. The Balaban J connectivity index is 1.96. The first-order chi connectivity index (χ1) is 6.72. The van der Waals surface area contributed by atoms with Gasteiger partial charge in [0, 0.05) is 5.92 Å². The fourth-order valence-electron chi connectivity index (χ4n) is 1.55. The summed E-state index contributed by atoms with van der Waals surface area (Å²) in [6, 6.07) is 3.74. The topological polar surface area (TPSA) is 39.4 Å². The highest BCUT2D eigenvalue weighted by molar-refractivity contribution is 9.10. The van der Waals surface area contributed by atoms with E-state index < -0.39 is 0 Å². The SMILES string of the molecule is CCOC(=O)[C@@H]1C[C@H]1c1ccc(Br)o1. The van der Waals surface area contributed by atoms with Gasteiger partial charge in [-0.1, -0.05) is 0 Å². The molecule has 0 N–H and O–H groups in total. The Bertz CT molecular complexity index is 345. The summed E-state index contributed by atoms with van der Waals surface area (Å²) in [6.45, 7) is 2.27. The van der Waals surface area contributed by atoms with Crippen LogP contribution in [0.15, 0.2) is 21.2 Å². The molecule has 1 aromatic heterocycles. The zero-order valence-corrected chi connectivity index (χ0v) is 9.41. The summed E-state index contributed by atoms with van der Waals surface area (Å²) in [5.74, 6) is 0.994. The molecule has 0 aromatic carbocycles. The maximum absolute atomic E-state index is 11.3. The first-order valence-electron chi connectivity index (χ1n) is 4.64. The lowest BCUT2D eigenvalue weighted by Crippen LogP contribution is -2.06. The van der Waals surface area contributed by atoms with Crippen LogP contribution in [0.1, 0.15) is 25.0 Å². The number of esters is 1. The molecule has 3 nitrogen and oxygen atoms in total. The van der Waals surface area contributed by atoms with Crippen molar-refractivity contribution >= 4 is 21.9 Å². The molecule has 1 aliphatic carbocycles. The van der Waals surface area contributed by atoms with Gasteiger partial charge in [0.15, 0.2) is 4.67 Å². The summed E-state index contributed by atoms with van der Waals surface area (Å²) in [5.41, 5.74) is 0. The second-order valence-electron chi connectivity index (χ2n) is 3.34. The van der Waals surface area contributed by atoms with Gasteiger partial charge in [-0.2, -0.15) is 0 Å². The van der Waals surface area contributed by atoms with Gasteiger partial charge in [0.1, 0.15) is 5.76 Å². The van der Waals surface area contributed by atoms with Gasteiger partial charge < -0.3 is 9.15 Å². The van der Waals surface area contributed by atoms with Crippen LogP contribution < -0.4 is 0 Å². The van der Waals surface area contributed by atoms with E-state index in [2.05, 4.69) is 15.9 Å². The Morgan fingerprint density at radius 2 is 2.50 bits per heavy atom. The van der Waals surface area contributed by atoms with Crippen molar-refractivity contribution in [3.8, 4) is 0 Å². The number of carbonyl (C=O) groups is 1. The predicted octanol–water partition coefficient (Wildman–Crippen LogP) is 2.71. The monoisotopic (exact) mass is 258 g/mol. The van der Waals surface area contributed by atoms with Gasteiger partial charge in [-0.05, 0) is 41.4 Å². The maximum atomic E-state index is 11.3. The van der Waals surface area contributed by atoms with Crippen molar-refractivity contribution in [1.29, 1.82) is 0 Å². The first kappa shape index (κ1) is 9.77. The van der Waals surface area contributed by atoms with Crippen LogP contribution in [0.5, 0.6) is 0 Å². The zero-order chi connectivity index (χ0) is 10.1. The number of halogens is 1. The molecule has 1 aromatic rings. The Morgan fingerprint density at radius 1 is 1.71 bits per heavy atom. The molecule has 0 radical (unpaired) electrons. The molecule has 0 spiro atoms. The van der Waals surface area contributed by atoms with Crippen molar-refractivity contribution < 1.29 is 13.9 Å². The van der Waals surface area contributed by atoms with Crippen molar-refractivity contribution in [3.63, 3.8) is 0 Å². The molecule has 1 fully saturated rings. The Kier molecular flexibility index (Phi) is 2.63. The predicted molar refractivity (Wildman–Crippen MR) is 53.9 cm³/mol. The molecule has 14 heavy (non-hydrogen) atoms. The van der Waals surface area contributed by atoms with Gasteiger partial charge >= 0.3 is 5.97 Å². The van der Waals surface area contributed by atoms with E-state index in [0.29, 0.717) is 11.3 Å². The minimum atomic E-state index is -0.106. The standard InChI is InChI=1S/C10H11BrO3/c1-2-13-10(12)7-5-6(7)8-3-4-9(11)14-8/h3-4,6-7H,2,5H2,1H3/t6-,7-/m1/s1. The average molecular weight is 259 g/mol. The number of rotatable bonds is 3. The van der Waals surface area contributed by atoms with Crippen LogP contribution in [-0.4, -0.2) is 12.6 Å². The van der Waals surface area contributed by atoms with Gasteiger partial charge in [-0.25, -0.2) is 0 Å². The molecular formula is C10H11BrO3. The fraction of sp³-hybridized carbons (Fsp3) is 0.500. The van der Waals surface area contributed by atoms with Crippen molar-refractivity contribution in [2.75, 3.05) is 6.61 Å². The molecule has 0 amide bonds. The zero-order valence-electron chi connectivity index (χ0n) is 7.83. The summed E-state index contributed by atoms with van der Waals surface area (Å²) in [7, 11) is 0.